The molecule has 88 valence electrons. The van der Waals surface area contributed by atoms with Gasteiger partial charge in [0.2, 0.25) is 5.91 Å². The molecule has 3 N–H and O–H groups in total. The molecule has 0 fully saturated rings. The number of urea groups is 1. The molecule has 0 aliphatic rings. The Bertz CT molecular complexity index is 217. The van der Waals surface area contributed by atoms with Crippen molar-refractivity contribution in [3.05, 3.63) is 0 Å². The summed E-state index contributed by atoms with van der Waals surface area (Å²) in [7, 11) is 0. The molecule has 1 unspecified atom stereocenters. The van der Waals surface area contributed by atoms with Crippen LogP contribution in [0.25, 0.3) is 0 Å². The third kappa shape index (κ3) is 6.76. The van der Waals surface area contributed by atoms with Gasteiger partial charge in [0.05, 0.1) is 0 Å². The molecule has 0 aromatic carbocycles. The summed E-state index contributed by atoms with van der Waals surface area (Å²) >= 11 is 0. The van der Waals surface area contributed by atoms with E-state index in [0.717, 1.165) is 0 Å². The highest BCUT2D eigenvalue weighted by Crippen LogP contribution is 1.89. The Morgan fingerprint density at radius 2 is 1.73 bits per heavy atom. The van der Waals surface area contributed by atoms with E-state index in [1.165, 1.54) is 0 Å². The molecule has 0 spiro atoms. The summed E-state index contributed by atoms with van der Waals surface area (Å²) in [6, 6.07) is -0.819. The summed E-state index contributed by atoms with van der Waals surface area (Å²) in [6.45, 7) is 8.69. The molecule has 0 aliphatic carbocycles. The maximum atomic E-state index is 11.4. The van der Waals surface area contributed by atoms with Gasteiger partial charge in [0.15, 0.2) is 0 Å². The van der Waals surface area contributed by atoms with Crippen LogP contribution in [0.2, 0.25) is 0 Å². The molecule has 5 heteroatoms. The average molecular weight is 215 g/mol. The zero-order valence-electron chi connectivity index (χ0n) is 9.89. The molecule has 0 radical (unpaired) electrons. The number of hydrogen-bond donors (Lipinski definition) is 3. The van der Waals surface area contributed by atoms with Crippen LogP contribution in [0.5, 0.6) is 0 Å². The minimum Gasteiger partial charge on any atom is -0.354 e. The lowest BCUT2D eigenvalue weighted by atomic mass is 10.2. The molecular weight excluding hydrogens is 194 g/mol. The largest absolute Gasteiger partial charge is 0.354 e. The van der Waals surface area contributed by atoms with Gasteiger partial charge in [-0.3, -0.25) is 4.79 Å². The molecule has 0 bridgehead atoms. The summed E-state index contributed by atoms with van der Waals surface area (Å²) in [5.74, 6) is 0.251. The van der Waals surface area contributed by atoms with Gasteiger partial charge in [0.1, 0.15) is 6.04 Å². The molecule has 1 atom stereocenters. The van der Waals surface area contributed by atoms with Crippen molar-refractivity contribution in [1.29, 1.82) is 0 Å². The van der Waals surface area contributed by atoms with E-state index < -0.39 is 6.04 Å². The van der Waals surface area contributed by atoms with Crippen molar-refractivity contribution < 1.29 is 9.59 Å². The van der Waals surface area contributed by atoms with Gasteiger partial charge in [0, 0.05) is 13.1 Å². The second-order valence-corrected chi connectivity index (χ2v) is 3.86. The first-order valence-corrected chi connectivity index (χ1v) is 5.29. The molecule has 0 rings (SSSR count). The first-order chi connectivity index (χ1) is 6.97. The van der Waals surface area contributed by atoms with E-state index in [1.54, 1.807) is 6.92 Å². The van der Waals surface area contributed by atoms with Crippen LogP contribution >= 0.6 is 0 Å². The summed E-state index contributed by atoms with van der Waals surface area (Å²) in [5.41, 5.74) is 0. The van der Waals surface area contributed by atoms with Crippen LogP contribution in [0.1, 0.15) is 27.7 Å². The Hall–Kier alpha value is -1.26. The third-order valence-corrected chi connectivity index (χ3v) is 1.76. The topological polar surface area (TPSA) is 70.2 Å². The third-order valence-electron chi connectivity index (χ3n) is 1.76. The maximum Gasteiger partial charge on any atom is 0.315 e. The number of carbonyl (C=O) groups excluding carboxylic acids is 2. The van der Waals surface area contributed by atoms with Gasteiger partial charge in [-0.25, -0.2) is 4.79 Å². The van der Waals surface area contributed by atoms with Crippen molar-refractivity contribution in [3.8, 4) is 0 Å². The monoisotopic (exact) mass is 215 g/mol. The lowest BCUT2D eigenvalue weighted by Crippen LogP contribution is -2.48. The molecule has 0 heterocycles. The van der Waals surface area contributed by atoms with Gasteiger partial charge >= 0.3 is 6.03 Å². The van der Waals surface area contributed by atoms with E-state index in [9.17, 15) is 9.59 Å². The SMILES string of the molecule is CCNC(=O)NC(C)C(=O)NCC(C)C. The Morgan fingerprint density at radius 3 is 2.20 bits per heavy atom. The molecule has 0 saturated carbocycles. The van der Waals surface area contributed by atoms with Crippen molar-refractivity contribution in [2.45, 2.75) is 33.7 Å². The molecule has 0 aromatic rings. The van der Waals surface area contributed by atoms with Crippen molar-refractivity contribution in [3.63, 3.8) is 0 Å². The molecular formula is C10H21N3O2. The number of rotatable bonds is 5. The fourth-order valence-corrected chi connectivity index (χ4v) is 0.932. The lowest BCUT2D eigenvalue weighted by molar-refractivity contribution is -0.122. The van der Waals surface area contributed by atoms with E-state index >= 15 is 0 Å². The highest BCUT2D eigenvalue weighted by molar-refractivity contribution is 5.86. The van der Waals surface area contributed by atoms with Crippen molar-refractivity contribution in [1.82, 2.24) is 16.0 Å². The molecule has 0 aliphatic heterocycles. The van der Waals surface area contributed by atoms with Crippen LogP contribution in [0.4, 0.5) is 4.79 Å². The first kappa shape index (κ1) is 13.7. The highest BCUT2D eigenvalue weighted by atomic mass is 16.2. The highest BCUT2D eigenvalue weighted by Gasteiger charge is 2.14. The van der Waals surface area contributed by atoms with Gasteiger partial charge in [-0.2, -0.15) is 0 Å². The normalized spacial score (nSPS) is 12.1. The summed E-state index contributed by atoms with van der Waals surface area (Å²) in [6.07, 6.45) is 0. The van der Waals surface area contributed by atoms with Crippen molar-refractivity contribution >= 4 is 11.9 Å². The van der Waals surface area contributed by atoms with Gasteiger partial charge in [-0.05, 0) is 19.8 Å². The van der Waals surface area contributed by atoms with Crippen LogP contribution in [0, 0.1) is 5.92 Å². The number of hydrogen-bond acceptors (Lipinski definition) is 2. The van der Waals surface area contributed by atoms with Gasteiger partial charge in [0.25, 0.3) is 0 Å². The smallest absolute Gasteiger partial charge is 0.315 e. The van der Waals surface area contributed by atoms with Crippen LogP contribution < -0.4 is 16.0 Å². The summed E-state index contributed by atoms with van der Waals surface area (Å²) in [5, 5.41) is 7.86. The van der Waals surface area contributed by atoms with E-state index in [4.69, 9.17) is 0 Å². The minimum absolute atomic E-state index is 0.157. The second-order valence-electron chi connectivity index (χ2n) is 3.86. The molecule has 5 nitrogen and oxygen atoms in total. The Kier molecular flexibility index (Phi) is 6.49. The molecule has 0 saturated heterocycles. The number of amides is 3. The Labute approximate surface area is 91.0 Å². The standard InChI is InChI=1S/C10H21N3O2/c1-5-11-10(15)13-8(4)9(14)12-6-7(2)3/h7-8H,5-6H2,1-4H3,(H,12,14)(H2,11,13,15). The predicted octanol–water partition coefficient (Wildman–Crippen LogP) is 0.466. The number of nitrogens with one attached hydrogen (secondary N) is 3. The molecule has 15 heavy (non-hydrogen) atoms. The van der Waals surface area contributed by atoms with Gasteiger partial charge in [-0.15, -0.1) is 0 Å². The average Bonchev–Trinajstić information content (AvgIpc) is 2.14. The van der Waals surface area contributed by atoms with Crippen LogP contribution in [-0.2, 0) is 4.79 Å². The van der Waals surface area contributed by atoms with Crippen LogP contribution in [-0.4, -0.2) is 31.1 Å². The quantitative estimate of drug-likeness (QED) is 0.624. The van der Waals surface area contributed by atoms with Gasteiger partial charge in [-0.1, -0.05) is 13.8 Å². The second kappa shape index (κ2) is 7.09. The molecule has 3 amide bonds. The Morgan fingerprint density at radius 1 is 1.13 bits per heavy atom. The summed E-state index contributed by atoms with van der Waals surface area (Å²) in [4.78, 5) is 22.5. The molecule has 0 aromatic heterocycles. The maximum absolute atomic E-state index is 11.4. The fraction of sp³-hybridized carbons (Fsp3) is 0.800. The van der Waals surface area contributed by atoms with E-state index in [1.807, 2.05) is 20.8 Å². The Balaban J connectivity index is 3.83. The van der Waals surface area contributed by atoms with E-state index in [-0.39, 0.29) is 11.9 Å². The van der Waals surface area contributed by atoms with Crippen molar-refractivity contribution in [2.75, 3.05) is 13.1 Å². The predicted molar refractivity (Wildman–Crippen MR) is 59.5 cm³/mol. The van der Waals surface area contributed by atoms with Crippen LogP contribution in [0.3, 0.4) is 0 Å². The lowest BCUT2D eigenvalue weighted by Gasteiger charge is -2.15. The van der Waals surface area contributed by atoms with E-state index in [0.29, 0.717) is 19.0 Å². The fourth-order valence-electron chi connectivity index (χ4n) is 0.932. The minimum atomic E-state index is -0.504. The first-order valence-electron chi connectivity index (χ1n) is 5.29. The zero-order valence-corrected chi connectivity index (χ0v) is 9.89. The number of carbonyl (C=O) groups is 2. The van der Waals surface area contributed by atoms with Crippen LogP contribution in [0.15, 0.2) is 0 Å². The van der Waals surface area contributed by atoms with E-state index in [2.05, 4.69) is 16.0 Å². The van der Waals surface area contributed by atoms with Gasteiger partial charge < -0.3 is 16.0 Å². The summed E-state index contributed by atoms with van der Waals surface area (Å²) < 4.78 is 0. The zero-order chi connectivity index (χ0) is 11.8. The van der Waals surface area contributed by atoms with Crippen molar-refractivity contribution in [2.24, 2.45) is 5.92 Å².